The van der Waals surface area contributed by atoms with E-state index in [0.29, 0.717) is 5.82 Å². The molecule has 0 atom stereocenters. The summed E-state index contributed by atoms with van der Waals surface area (Å²) in [6.07, 6.45) is 0. The van der Waals surface area contributed by atoms with Gasteiger partial charge in [-0.3, -0.25) is 9.89 Å². The first-order valence-electron chi connectivity index (χ1n) is 10.2. The van der Waals surface area contributed by atoms with Gasteiger partial charge in [-0.25, -0.2) is 0 Å². The van der Waals surface area contributed by atoms with Gasteiger partial charge in [-0.2, -0.15) is 5.10 Å². The second-order valence-corrected chi connectivity index (χ2v) is 7.44. The zero-order chi connectivity index (χ0) is 21.0. The van der Waals surface area contributed by atoms with E-state index in [1.807, 2.05) is 84.9 Å². The van der Waals surface area contributed by atoms with Crippen molar-refractivity contribution in [1.82, 2.24) is 10.2 Å². The molecule has 4 aromatic carbocycles. The predicted molar refractivity (Wildman–Crippen MR) is 125 cm³/mol. The van der Waals surface area contributed by atoms with Crippen molar-refractivity contribution in [3.05, 3.63) is 120 Å². The molecule has 0 spiro atoms. The molecule has 31 heavy (non-hydrogen) atoms. The standard InChI is InChI=1S/C27H21N3O/c31-27(25(20-12-6-2-7-13-20)21-14-8-3-9-15-21)28-26-23-17-16-22(18-24(23)29-30-26)19-10-4-1-5-11-19/h1-18,25H,(H2,28,29,30,31). The molecule has 0 radical (unpaired) electrons. The van der Waals surface area contributed by atoms with Gasteiger partial charge in [0.05, 0.1) is 11.4 Å². The number of hydrogen-bond donors (Lipinski definition) is 2. The van der Waals surface area contributed by atoms with Gasteiger partial charge in [-0.15, -0.1) is 0 Å². The fourth-order valence-corrected chi connectivity index (χ4v) is 3.90. The molecule has 150 valence electrons. The van der Waals surface area contributed by atoms with E-state index in [-0.39, 0.29) is 5.91 Å². The third-order valence-electron chi connectivity index (χ3n) is 5.44. The summed E-state index contributed by atoms with van der Waals surface area (Å²) in [5.74, 6) is 0.00662. The van der Waals surface area contributed by atoms with Crippen molar-refractivity contribution >= 4 is 22.6 Å². The minimum Gasteiger partial charge on any atom is -0.308 e. The number of carbonyl (C=O) groups excluding carboxylic acids is 1. The molecule has 0 saturated carbocycles. The monoisotopic (exact) mass is 403 g/mol. The molecule has 0 fully saturated rings. The predicted octanol–water partition coefficient (Wildman–Crippen LogP) is 6.00. The molecular weight excluding hydrogens is 382 g/mol. The van der Waals surface area contributed by atoms with E-state index in [2.05, 4.69) is 39.8 Å². The Morgan fingerprint density at radius 1 is 0.710 bits per heavy atom. The van der Waals surface area contributed by atoms with Crippen LogP contribution in [0, 0.1) is 0 Å². The lowest BCUT2D eigenvalue weighted by molar-refractivity contribution is -0.116. The van der Waals surface area contributed by atoms with Crippen molar-refractivity contribution in [2.75, 3.05) is 5.32 Å². The number of rotatable bonds is 5. The summed E-state index contributed by atoms with van der Waals surface area (Å²) in [6, 6.07) is 35.9. The first-order chi connectivity index (χ1) is 15.3. The highest BCUT2D eigenvalue weighted by Crippen LogP contribution is 2.30. The number of nitrogens with zero attached hydrogens (tertiary/aromatic N) is 1. The number of carbonyl (C=O) groups is 1. The number of aromatic amines is 1. The van der Waals surface area contributed by atoms with Crippen molar-refractivity contribution in [1.29, 1.82) is 0 Å². The van der Waals surface area contributed by atoms with Crippen LogP contribution in [0.4, 0.5) is 5.82 Å². The maximum absolute atomic E-state index is 13.4. The van der Waals surface area contributed by atoms with Crippen LogP contribution in [0.15, 0.2) is 109 Å². The summed E-state index contributed by atoms with van der Waals surface area (Å²) in [4.78, 5) is 13.4. The second kappa shape index (κ2) is 8.28. The average Bonchev–Trinajstić information content (AvgIpc) is 3.23. The Bertz CT molecular complexity index is 1270. The largest absolute Gasteiger partial charge is 0.308 e. The van der Waals surface area contributed by atoms with E-state index < -0.39 is 5.92 Å². The van der Waals surface area contributed by atoms with Crippen molar-refractivity contribution in [3.63, 3.8) is 0 Å². The van der Waals surface area contributed by atoms with Gasteiger partial charge in [0, 0.05) is 5.39 Å². The van der Waals surface area contributed by atoms with Gasteiger partial charge < -0.3 is 5.32 Å². The van der Waals surface area contributed by atoms with Crippen molar-refractivity contribution in [3.8, 4) is 11.1 Å². The van der Waals surface area contributed by atoms with Crippen LogP contribution in [0.3, 0.4) is 0 Å². The molecule has 5 aromatic rings. The zero-order valence-electron chi connectivity index (χ0n) is 16.8. The Balaban J connectivity index is 1.47. The minimum atomic E-state index is -0.419. The first kappa shape index (κ1) is 18.8. The smallest absolute Gasteiger partial charge is 0.237 e. The lowest BCUT2D eigenvalue weighted by atomic mass is 9.90. The summed E-state index contributed by atoms with van der Waals surface area (Å²) < 4.78 is 0. The molecule has 0 saturated heterocycles. The number of fused-ring (bicyclic) bond motifs is 1. The topological polar surface area (TPSA) is 57.8 Å². The molecule has 0 aliphatic heterocycles. The maximum Gasteiger partial charge on any atom is 0.237 e. The third-order valence-corrected chi connectivity index (χ3v) is 5.44. The van der Waals surface area contributed by atoms with E-state index in [9.17, 15) is 4.79 Å². The molecule has 1 aromatic heterocycles. The van der Waals surface area contributed by atoms with E-state index >= 15 is 0 Å². The number of H-pyrrole nitrogens is 1. The number of aromatic nitrogens is 2. The average molecular weight is 403 g/mol. The zero-order valence-corrected chi connectivity index (χ0v) is 16.8. The number of amides is 1. The van der Waals surface area contributed by atoms with Crippen molar-refractivity contribution < 1.29 is 4.79 Å². The van der Waals surface area contributed by atoms with E-state index in [1.165, 1.54) is 0 Å². The Hall–Kier alpha value is -4.18. The highest BCUT2D eigenvalue weighted by molar-refractivity contribution is 6.04. The van der Waals surface area contributed by atoms with E-state index in [1.54, 1.807) is 0 Å². The maximum atomic E-state index is 13.4. The highest BCUT2D eigenvalue weighted by atomic mass is 16.2. The van der Waals surface area contributed by atoms with Gasteiger partial charge in [-0.1, -0.05) is 97.1 Å². The SMILES string of the molecule is O=C(Nc1n[nH]c2cc(-c3ccccc3)ccc12)C(c1ccccc1)c1ccccc1. The molecule has 0 bridgehead atoms. The minimum absolute atomic E-state index is 0.113. The van der Waals surface area contributed by atoms with Crippen molar-refractivity contribution in [2.45, 2.75) is 5.92 Å². The van der Waals surface area contributed by atoms with Crippen LogP contribution in [0.2, 0.25) is 0 Å². The highest BCUT2D eigenvalue weighted by Gasteiger charge is 2.24. The molecular formula is C27H21N3O. The van der Waals surface area contributed by atoms with Crippen LogP contribution in [-0.4, -0.2) is 16.1 Å². The fraction of sp³-hybridized carbons (Fsp3) is 0.0370. The second-order valence-electron chi connectivity index (χ2n) is 7.44. The summed E-state index contributed by atoms with van der Waals surface area (Å²) in [5, 5.41) is 11.4. The van der Waals surface area contributed by atoms with Crippen LogP contribution >= 0.6 is 0 Å². The van der Waals surface area contributed by atoms with E-state index in [0.717, 1.165) is 33.2 Å². The lowest BCUT2D eigenvalue weighted by Crippen LogP contribution is -2.22. The summed E-state index contributed by atoms with van der Waals surface area (Å²) >= 11 is 0. The molecule has 1 amide bonds. The van der Waals surface area contributed by atoms with Gasteiger partial charge in [0.1, 0.15) is 0 Å². The molecule has 4 nitrogen and oxygen atoms in total. The van der Waals surface area contributed by atoms with Crippen LogP contribution in [0.25, 0.3) is 22.0 Å². The Morgan fingerprint density at radius 3 is 1.90 bits per heavy atom. The summed E-state index contributed by atoms with van der Waals surface area (Å²) in [7, 11) is 0. The molecule has 2 N–H and O–H groups in total. The van der Waals surface area contributed by atoms with Gasteiger partial charge in [-0.05, 0) is 34.4 Å². The third kappa shape index (κ3) is 3.83. The van der Waals surface area contributed by atoms with Gasteiger partial charge in [0.25, 0.3) is 0 Å². The molecule has 4 heteroatoms. The number of nitrogens with one attached hydrogen (secondary N) is 2. The van der Waals surface area contributed by atoms with E-state index in [4.69, 9.17) is 0 Å². The Kier molecular flexibility index (Phi) is 5.03. The van der Waals surface area contributed by atoms with Gasteiger partial charge in [0.15, 0.2) is 5.82 Å². The molecule has 5 rings (SSSR count). The first-order valence-corrected chi connectivity index (χ1v) is 10.2. The quantitative estimate of drug-likeness (QED) is 0.378. The Morgan fingerprint density at radius 2 is 1.29 bits per heavy atom. The van der Waals surface area contributed by atoms with Crippen LogP contribution in [0.5, 0.6) is 0 Å². The van der Waals surface area contributed by atoms with Crippen LogP contribution in [0.1, 0.15) is 17.0 Å². The van der Waals surface area contributed by atoms with Crippen LogP contribution in [-0.2, 0) is 4.79 Å². The van der Waals surface area contributed by atoms with Gasteiger partial charge in [0.2, 0.25) is 5.91 Å². The number of benzene rings is 4. The molecule has 0 aliphatic carbocycles. The molecule has 1 heterocycles. The Labute approximate surface area is 180 Å². The van der Waals surface area contributed by atoms with Crippen molar-refractivity contribution in [2.24, 2.45) is 0 Å². The fourth-order valence-electron chi connectivity index (χ4n) is 3.90. The number of hydrogen-bond acceptors (Lipinski definition) is 2. The number of anilines is 1. The molecule has 0 unspecified atom stereocenters. The van der Waals surface area contributed by atoms with Crippen LogP contribution < -0.4 is 5.32 Å². The normalized spacial score (nSPS) is 11.0. The summed E-state index contributed by atoms with van der Waals surface area (Å²) in [5.41, 5.74) is 5.00. The summed E-state index contributed by atoms with van der Waals surface area (Å²) in [6.45, 7) is 0. The van der Waals surface area contributed by atoms with Gasteiger partial charge >= 0.3 is 0 Å². The molecule has 0 aliphatic rings. The lowest BCUT2D eigenvalue weighted by Gasteiger charge is -2.17.